The number of nitrogens with zero attached hydrogens (tertiary/aromatic N) is 3. The number of H-pyrrole nitrogens is 1. The molecule has 8 heteroatoms. The summed E-state index contributed by atoms with van der Waals surface area (Å²) in [5.74, 6) is 0.443. The Morgan fingerprint density at radius 2 is 1.83 bits per heavy atom. The smallest absolute Gasteiger partial charge is 0.282 e. The second kappa shape index (κ2) is 5.94. The Morgan fingerprint density at radius 3 is 2.62 bits per heavy atom. The Bertz CT molecular complexity index is 918. The van der Waals surface area contributed by atoms with Crippen LogP contribution in [0.25, 0.3) is 10.9 Å². The van der Waals surface area contributed by atoms with Crippen LogP contribution < -0.4 is 5.56 Å². The van der Waals surface area contributed by atoms with Crippen molar-refractivity contribution in [1.82, 2.24) is 18.6 Å². The Balaban J connectivity index is 1.74. The largest absolute Gasteiger partial charge is 0.309 e. The SMILES string of the molecule is O=c1[nH]c(C2CCCN2S(=O)(=O)N2CCCC2)nc2ccccc12. The van der Waals surface area contributed by atoms with E-state index in [4.69, 9.17) is 0 Å². The highest BCUT2D eigenvalue weighted by molar-refractivity contribution is 7.86. The topological polar surface area (TPSA) is 86.4 Å². The van der Waals surface area contributed by atoms with Crippen LogP contribution in [0.5, 0.6) is 0 Å². The monoisotopic (exact) mass is 348 g/mol. The van der Waals surface area contributed by atoms with Crippen LogP contribution in [0.15, 0.2) is 29.1 Å². The first-order chi connectivity index (χ1) is 11.6. The van der Waals surface area contributed by atoms with Gasteiger partial charge < -0.3 is 4.98 Å². The number of para-hydroxylation sites is 1. The molecule has 1 N–H and O–H groups in total. The highest BCUT2D eigenvalue weighted by Crippen LogP contribution is 2.34. The van der Waals surface area contributed by atoms with Crippen LogP contribution in [0.4, 0.5) is 0 Å². The lowest BCUT2D eigenvalue weighted by Crippen LogP contribution is -2.42. The fourth-order valence-corrected chi connectivity index (χ4v) is 5.52. The quantitative estimate of drug-likeness (QED) is 0.908. The fraction of sp³-hybridized carbons (Fsp3) is 0.500. The normalized spacial score (nSPS) is 23.2. The summed E-state index contributed by atoms with van der Waals surface area (Å²) < 4.78 is 28.9. The molecule has 3 heterocycles. The van der Waals surface area contributed by atoms with Gasteiger partial charge in [0.05, 0.1) is 16.9 Å². The molecule has 0 saturated carbocycles. The predicted octanol–water partition coefficient (Wildman–Crippen LogP) is 1.40. The summed E-state index contributed by atoms with van der Waals surface area (Å²) in [4.78, 5) is 19.6. The number of benzene rings is 1. The van der Waals surface area contributed by atoms with Gasteiger partial charge in [-0.15, -0.1) is 0 Å². The zero-order valence-electron chi connectivity index (χ0n) is 13.3. The molecule has 2 aliphatic heterocycles. The first-order valence-corrected chi connectivity index (χ1v) is 9.73. The van der Waals surface area contributed by atoms with Gasteiger partial charge in [-0.2, -0.15) is 17.0 Å². The minimum absolute atomic E-state index is 0.221. The Hall–Kier alpha value is -1.77. The van der Waals surface area contributed by atoms with Crippen LogP contribution in [0, 0.1) is 0 Å². The van der Waals surface area contributed by atoms with E-state index in [-0.39, 0.29) is 5.56 Å². The van der Waals surface area contributed by atoms with E-state index in [1.165, 1.54) is 4.31 Å². The molecule has 0 radical (unpaired) electrons. The van der Waals surface area contributed by atoms with Gasteiger partial charge in [0.25, 0.3) is 15.8 Å². The molecule has 1 unspecified atom stereocenters. The molecule has 7 nitrogen and oxygen atoms in total. The van der Waals surface area contributed by atoms with Gasteiger partial charge in [0, 0.05) is 19.6 Å². The average molecular weight is 348 g/mol. The Morgan fingerprint density at radius 1 is 1.08 bits per heavy atom. The van der Waals surface area contributed by atoms with Crippen molar-refractivity contribution in [2.75, 3.05) is 19.6 Å². The first kappa shape index (κ1) is 15.7. The van der Waals surface area contributed by atoms with Crippen LogP contribution >= 0.6 is 0 Å². The van der Waals surface area contributed by atoms with Gasteiger partial charge >= 0.3 is 0 Å². The molecule has 24 heavy (non-hydrogen) atoms. The molecule has 1 aromatic carbocycles. The molecule has 128 valence electrons. The van der Waals surface area contributed by atoms with Gasteiger partial charge in [-0.05, 0) is 37.8 Å². The van der Waals surface area contributed by atoms with E-state index in [1.54, 1.807) is 22.5 Å². The fourth-order valence-electron chi connectivity index (χ4n) is 3.62. The number of aromatic nitrogens is 2. The molecular formula is C16H20N4O3S. The maximum absolute atomic E-state index is 12.9. The summed E-state index contributed by atoms with van der Waals surface area (Å²) in [7, 11) is -3.50. The van der Waals surface area contributed by atoms with E-state index in [1.807, 2.05) is 6.07 Å². The lowest BCUT2D eigenvalue weighted by atomic mass is 10.2. The summed E-state index contributed by atoms with van der Waals surface area (Å²) in [5.41, 5.74) is 0.377. The number of hydrogen-bond acceptors (Lipinski definition) is 4. The van der Waals surface area contributed by atoms with E-state index in [2.05, 4.69) is 9.97 Å². The predicted molar refractivity (Wildman–Crippen MR) is 90.8 cm³/mol. The molecule has 0 bridgehead atoms. The second-order valence-corrected chi connectivity index (χ2v) is 8.23. The standard InChI is InChI=1S/C16H20N4O3S/c21-16-12-6-1-2-7-13(12)17-15(18-16)14-8-5-11-20(14)24(22,23)19-9-3-4-10-19/h1-2,6-7,14H,3-5,8-11H2,(H,17,18,21). The number of nitrogens with one attached hydrogen (secondary N) is 1. The minimum atomic E-state index is -3.50. The van der Waals surface area contributed by atoms with E-state index in [0.29, 0.717) is 42.8 Å². The van der Waals surface area contributed by atoms with Crippen molar-refractivity contribution in [3.05, 3.63) is 40.4 Å². The Labute approximate surface area is 140 Å². The second-order valence-electron chi connectivity index (χ2n) is 6.35. The van der Waals surface area contributed by atoms with Gasteiger partial charge in [0.1, 0.15) is 5.82 Å². The lowest BCUT2D eigenvalue weighted by molar-refractivity contribution is 0.340. The molecule has 2 fully saturated rings. The van der Waals surface area contributed by atoms with Gasteiger partial charge in [0.2, 0.25) is 0 Å². The van der Waals surface area contributed by atoms with Crippen LogP contribution in [-0.4, -0.2) is 46.6 Å². The van der Waals surface area contributed by atoms with Gasteiger partial charge in [-0.25, -0.2) is 4.98 Å². The molecule has 0 aliphatic carbocycles. The molecule has 2 saturated heterocycles. The summed E-state index contributed by atoms with van der Waals surface area (Å²) in [6.07, 6.45) is 3.26. The number of rotatable bonds is 3. The first-order valence-electron chi connectivity index (χ1n) is 8.33. The van der Waals surface area contributed by atoms with Crippen molar-refractivity contribution in [1.29, 1.82) is 0 Å². The molecule has 1 atom stereocenters. The molecule has 4 rings (SSSR count). The van der Waals surface area contributed by atoms with Crippen molar-refractivity contribution in [2.24, 2.45) is 0 Å². The van der Waals surface area contributed by atoms with Crippen molar-refractivity contribution >= 4 is 21.1 Å². The third-order valence-electron chi connectivity index (χ3n) is 4.84. The summed E-state index contributed by atoms with van der Waals surface area (Å²) in [6, 6.07) is 6.72. The number of fused-ring (bicyclic) bond motifs is 1. The lowest BCUT2D eigenvalue weighted by Gasteiger charge is -2.28. The molecule has 0 amide bonds. The van der Waals surface area contributed by atoms with Gasteiger partial charge in [0.15, 0.2) is 0 Å². The van der Waals surface area contributed by atoms with Crippen molar-refractivity contribution in [3.8, 4) is 0 Å². The summed E-state index contributed by atoms with van der Waals surface area (Å²) >= 11 is 0. The maximum Gasteiger partial charge on any atom is 0.282 e. The van der Waals surface area contributed by atoms with Crippen LogP contribution in [0.2, 0.25) is 0 Å². The van der Waals surface area contributed by atoms with Gasteiger partial charge in [-0.1, -0.05) is 12.1 Å². The zero-order chi connectivity index (χ0) is 16.7. The molecule has 0 spiro atoms. The molecule has 1 aromatic heterocycles. The Kier molecular flexibility index (Phi) is 3.90. The molecule has 2 aromatic rings. The highest BCUT2D eigenvalue weighted by Gasteiger charge is 2.40. The van der Waals surface area contributed by atoms with Crippen molar-refractivity contribution < 1.29 is 8.42 Å². The third-order valence-corrected chi connectivity index (χ3v) is 6.89. The number of aromatic amines is 1. The molecular weight excluding hydrogens is 328 g/mol. The van der Waals surface area contributed by atoms with Crippen molar-refractivity contribution in [2.45, 2.75) is 31.7 Å². The zero-order valence-corrected chi connectivity index (χ0v) is 14.1. The van der Waals surface area contributed by atoms with E-state index < -0.39 is 16.3 Å². The highest BCUT2D eigenvalue weighted by atomic mass is 32.2. The summed E-state index contributed by atoms with van der Waals surface area (Å²) in [5, 5.41) is 0.521. The van der Waals surface area contributed by atoms with Crippen LogP contribution in [-0.2, 0) is 10.2 Å². The van der Waals surface area contributed by atoms with E-state index in [9.17, 15) is 13.2 Å². The van der Waals surface area contributed by atoms with E-state index >= 15 is 0 Å². The third kappa shape index (κ3) is 2.54. The van der Waals surface area contributed by atoms with E-state index in [0.717, 1.165) is 19.3 Å². The number of hydrogen-bond donors (Lipinski definition) is 1. The van der Waals surface area contributed by atoms with Crippen LogP contribution in [0.1, 0.15) is 37.5 Å². The average Bonchev–Trinajstić information content (AvgIpc) is 3.27. The van der Waals surface area contributed by atoms with Gasteiger partial charge in [-0.3, -0.25) is 4.79 Å². The maximum atomic E-state index is 12.9. The summed E-state index contributed by atoms with van der Waals surface area (Å²) in [6.45, 7) is 1.63. The minimum Gasteiger partial charge on any atom is -0.309 e. The molecule has 2 aliphatic rings. The van der Waals surface area contributed by atoms with Crippen molar-refractivity contribution in [3.63, 3.8) is 0 Å². The van der Waals surface area contributed by atoms with Crippen LogP contribution in [0.3, 0.4) is 0 Å².